The molecule has 0 aliphatic rings. The molecule has 0 spiro atoms. The van der Waals surface area contributed by atoms with Crippen molar-refractivity contribution in [2.45, 2.75) is 33.8 Å². The highest BCUT2D eigenvalue weighted by Crippen LogP contribution is 2.14. The molecule has 0 saturated carbocycles. The first-order valence-electron chi connectivity index (χ1n) is 4.52. The molecule has 13 heavy (non-hydrogen) atoms. The normalized spacial score (nSPS) is 9.00. The zero-order valence-electron chi connectivity index (χ0n) is 8.34. The smallest absolute Gasteiger partial charge is 0.134 e. The molecule has 1 heterocycles. The molecule has 74 valence electrons. The number of aliphatic hydroxyl groups excluding tert-OH is 1. The number of aliphatic hydroxyl groups is 1. The van der Waals surface area contributed by atoms with E-state index in [9.17, 15) is 0 Å². The van der Waals surface area contributed by atoms with Crippen LogP contribution < -0.4 is 0 Å². The summed E-state index contributed by atoms with van der Waals surface area (Å²) in [5.41, 5.74) is 1.80. The fourth-order valence-electron chi connectivity index (χ4n) is 0.847. The van der Waals surface area contributed by atoms with E-state index in [2.05, 4.69) is 4.98 Å². The van der Waals surface area contributed by atoms with Crippen molar-refractivity contribution < 1.29 is 5.11 Å². The topological polar surface area (TPSA) is 33.1 Å². The van der Waals surface area contributed by atoms with E-state index in [1.165, 1.54) is 0 Å². The van der Waals surface area contributed by atoms with Gasteiger partial charge < -0.3 is 5.11 Å². The molecule has 0 saturated heterocycles. The minimum absolute atomic E-state index is 0.0420. The van der Waals surface area contributed by atoms with Crippen molar-refractivity contribution in [1.82, 2.24) is 4.98 Å². The summed E-state index contributed by atoms with van der Waals surface area (Å²) in [6, 6.07) is 1.87. The predicted octanol–water partition coefficient (Wildman–Crippen LogP) is 2.82. The van der Waals surface area contributed by atoms with Gasteiger partial charge in [0.1, 0.15) is 5.15 Å². The molecule has 1 rings (SSSR count). The predicted molar refractivity (Wildman–Crippen MR) is 55.9 cm³/mol. The van der Waals surface area contributed by atoms with Gasteiger partial charge in [0.05, 0.1) is 6.61 Å². The lowest BCUT2D eigenvalue weighted by atomic mass is 10.2. The Hall–Kier alpha value is -0.600. The Morgan fingerprint density at radius 3 is 2.54 bits per heavy atom. The molecule has 0 amide bonds. The number of halogens is 1. The van der Waals surface area contributed by atoms with Gasteiger partial charge in [0, 0.05) is 11.8 Å². The van der Waals surface area contributed by atoms with E-state index in [4.69, 9.17) is 16.7 Å². The van der Waals surface area contributed by atoms with Crippen LogP contribution in [0.2, 0.25) is 5.15 Å². The van der Waals surface area contributed by atoms with Crippen molar-refractivity contribution in [2.24, 2.45) is 0 Å². The lowest BCUT2D eigenvalue weighted by Gasteiger charge is -2.01. The molecular weight excluding hydrogens is 186 g/mol. The highest BCUT2D eigenvalue weighted by Gasteiger charge is 2.00. The summed E-state index contributed by atoms with van der Waals surface area (Å²) in [5.74, 6) is 0. The number of hydrogen-bond acceptors (Lipinski definition) is 2. The van der Waals surface area contributed by atoms with E-state index in [0.29, 0.717) is 10.7 Å². The average molecular weight is 202 g/mol. The van der Waals surface area contributed by atoms with E-state index in [0.717, 1.165) is 12.0 Å². The van der Waals surface area contributed by atoms with Gasteiger partial charge in [0.25, 0.3) is 0 Å². The Morgan fingerprint density at radius 1 is 1.46 bits per heavy atom. The highest BCUT2D eigenvalue weighted by atomic mass is 35.5. The van der Waals surface area contributed by atoms with Crippen LogP contribution in [0.1, 0.15) is 31.9 Å². The van der Waals surface area contributed by atoms with Gasteiger partial charge in [-0.05, 0) is 18.1 Å². The third-order valence-corrected chi connectivity index (χ3v) is 1.89. The molecule has 3 heteroatoms. The fraction of sp³-hybridized carbons (Fsp3) is 0.500. The number of pyridine rings is 1. The summed E-state index contributed by atoms with van der Waals surface area (Å²) in [6.45, 7) is 5.99. The first kappa shape index (κ1) is 12.4. The van der Waals surface area contributed by atoms with Crippen molar-refractivity contribution in [3.63, 3.8) is 0 Å². The van der Waals surface area contributed by atoms with Crippen LogP contribution in [-0.2, 0) is 13.0 Å². The maximum absolute atomic E-state index is 8.81. The standard InChI is InChI=1S/C8H10ClNO.C2H6/c1-2-6-3-7(5-11)8(9)10-4-6;1-2/h3-4,11H,2,5H2,1H3;1-2H3. The van der Waals surface area contributed by atoms with Crippen LogP contribution in [0.3, 0.4) is 0 Å². The molecule has 0 aliphatic carbocycles. The molecule has 0 unspecified atom stereocenters. The summed E-state index contributed by atoms with van der Waals surface area (Å²) in [6.07, 6.45) is 2.64. The lowest BCUT2D eigenvalue weighted by molar-refractivity contribution is 0.281. The van der Waals surface area contributed by atoms with Crippen LogP contribution in [-0.4, -0.2) is 10.1 Å². The fourth-order valence-corrected chi connectivity index (χ4v) is 1.01. The van der Waals surface area contributed by atoms with Crippen LogP contribution in [0.25, 0.3) is 0 Å². The molecule has 1 N–H and O–H groups in total. The summed E-state index contributed by atoms with van der Waals surface area (Å²) < 4.78 is 0. The number of aromatic nitrogens is 1. The molecule has 0 atom stereocenters. The zero-order valence-corrected chi connectivity index (χ0v) is 9.10. The van der Waals surface area contributed by atoms with Gasteiger partial charge in [-0.15, -0.1) is 0 Å². The van der Waals surface area contributed by atoms with E-state index < -0.39 is 0 Å². The van der Waals surface area contributed by atoms with Gasteiger partial charge in [0.2, 0.25) is 0 Å². The second-order valence-electron chi connectivity index (χ2n) is 2.31. The Morgan fingerprint density at radius 2 is 2.08 bits per heavy atom. The number of hydrogen-bond donors (Lipinski definition) is 1. The Balaban J connectivity index is 0.000000671. The van der Waals surface area contributed by atoms with Crippen molar-refractivity contribution in [1.29, 1.82) is 0 Å². The van der Waals surface area contributed by atoms with Crippen LogP contribution in [0.5, 0.6) is 0 Å². The maximum Gasteiger partial charge on any atom is 0.134 e. The van der Waals surface area contributed by atoms with E-state index in [1.807, 2.05) is 26.8 Å². The van der Waals surface area contributed by atoms with Crippen molar-refractivity contribution in [2.75, 3.05) is 0 Å². The molecule has 1 aromatic rings. The molecule has 0 aromatic carbocycles. The monoisotopic (exact) mass is 201 g/mol. The first-order chi connectivity index (χ1) is 6.27. The molecule has 0 bridgehead atoms. The van der Waals surface area contributed by atoms with Gasteiger partial charge >= 0.3 is 0 Å². The van der Waals surface area contributed by atoms with Crippen molar-refractivity contribution in [3.8, 4) is 0 Å². The summed E-state index contributed by atoms with van der Waals surface area (Å²) >= 11 is 5.68. The van der Waals surface area contributed by atoms with Crippen LogP contribution in [0, 0.1) is 0 Å². The maximum atomic E-state index is 8.81. The lowest BCUT2D eigenvalue weighted by Crippen LogP contribution is -1.91. The minimum atomic E-state index is -0.0420. The van der Waals surface area contributed by atoms with E-state index >= 15 is 0 Å². The van der Waals surface area contributed by atoms with Gasteiger partial charge in [-0.25, -0.2) is 4.98 Å². The first-order valence-corrected chi connectivity index (χ1v) is 4.90. The van der Waals surface area contributed by atoms with E-state index in [-0.39, 0.29) is 6.61 Å². The zero-order chi connectivity index (χ0) is 10.3. The van der Waals surface area contributed by atoms with Gasteiger partial charge in [-0.2, -0.15) is 0 Å². The molecule has 0 fully saturated rings. The second kappa shape index (κ2) is 6.87. The highest BCUT2D eigenvalue weighted by molar-refractivity contribution is 6.30. The van der Waals surface area contributed by atoms with E-state index in [1.54, 1.807) is 6.20 Å². The summed E-state index contributed by atoms with van der Waals surface area (Å²) in [4.78, 5) is 3.93. The van der Waals surface area contributed by atoms with Crippen LogP contribution in [0.4, 0.5) is 0 Å². The Labute approximate surface area is 84.6 Å². The molecular formula is C10H16ClNO. The number of rotatable bonds is 2. The minimum Gasteiger partial charge on any atom is -0.392 e. The Kier molecular flexibility index (Phi) is 6.55. The largest absolute Gasteiger partial charge is 0.392 e. The van der Waals surface area contributed by atoms with Crippen molar-refractivity contribution >= 4 is 11.6 Å². The quantitative estimate of drug-likeness (QED) is 0.747. The van der Waals surface area contributed by atoms with Crippen molar-refractivity contribution in [3.05, 3.63) is 28.5 Å². The van der Waals surface area contributed by atoms with Gasteiger partial charge in [0.15, 0.2) is 0 Å². The second-order valence-corrected chi connectivity index (χ2v) is 2.66. The van der Waals surface area contributed by atoms with Crippen LogP contribution >= 0.6 is 11.6 Å². The number of nitrogens with zero attached hydrogens (tertiary/aromatic N) is 1. The summed E-state index contributed by atoms with van der Waals surface area (Å²) in [5, 5.41) is 9.21. The van der Waals surface area contributed by atoms with Gasteiger partial charge in [-0.1, -0.05) is 32.4 Å². The SMILES string of the molecule is CC.CCc1cnc(Cl)c(CO)c1. The third kappa shape index (κ3) is 3.75. The molecule has 0 aliphatic heterocycles. The number of aryl methyl sites for hydroxylation is 1. The van der Waals surface area contributed by atoms with Gasteiger partial charge in [-0.3, -0.25) is 0 Å². The van der Waals surface area contributed by atoms with Crippen LogP contribution in [0.15, 0.2) is 12.3 Å². The molecule has 2 nitrogen and oxygen atoms in total. The average Bonchev–Trinajstić information content (AvgIpc) is 2.22. The molecule has 1 aromatic heterocycles. The third-order valence-electron chi connectivity index (χ3n) is 1.55. The Bertz CT molecular complexity index is 251. The summed E-state index contributed by atoms with van der Waals surface area (Å²) in [7, 11) is 0. The molecule has 0 radical (unpaired) electrons.